The van der Waals surface area contributed by atoms with Crippen molar-refractivity contribution in [2.45, 2.75) is 40.5 Å². The van der Waals surface area contributed by atoms with Crippen LogP contribution in [-0.4, -0.2) is 37.4 Å². The van der Waals surface area contributed by atoms with E-state index in [4.69, 9.17) is 4.74 Å². The summed E-state index contributed by atoms with van der Waals surface area (Å²) < 4.78 is 6.03. The predicted octanol–water partition coefficient (Wildman–Crippen LogP) is 4.48. The van der Waals surface area contributed by atoms with Gasteiger partial charge in [-0.2, -0.15) is 0 Å². The molecule has 7 nitrogen and oxygen atoms in total. The van der Waals surface area contributed by atoms with E-state index in [-0.39, 0.29) is 30.7 Å². The number of carbonyl (C=O) groups excluding carboxylic acids is 3. The molecular formula is C27H33N3O4. The van der Waals surface area contributed by atoms with Gasteiger partial charge in [0.25, 0.3) is 0 Å². The Hall–Kier alpha value is -3.35. The van der Waals surface area contributed by atoms with Crippen LogP contribution in [0.15, 0.2) is 48.5 Å². The van der Waals surface area contributed by atoms with E-state index in [9.17, 15) is 14.4 Å². The smallest absolute Gasteiger partial charge is 0.236 e. The van der Waals surface area contributed by atoms with E-state index in [0.717, 1.165) is 17.8 Å². The summed E-state index contributed by atoms with van der Waals surface area (Å²) in [7, 11) is 0. The normalized spacial score (nSPS) is 19.6. The van der Waals surface area contributed by atoms with Crippen LogP contribution in [0.2, 0.25) is 0 Å². The van der Waals surface area contributed by atoms with Crippen LogP contribution < -0.4 is 19.9 Å². The second-order valence-electron chi connectivity index (χ2n) is 10.2. The highest BCUT2D eigenvalue weighted by Gasteiger charge is 2.38. The number of nitrogens with zero attached hydrogens (tertiary/aromatic N) is 2. The van der Waals surface area contributed by atoms with Gasteiger partial charge in [-0.25, -0.2) is 0 Å². The number of carbonyl (C=O) groups is 3. The van der Waals surface area contributed by atoms with Crippen molar-refractivity contribution in [3.8, 4) is 5.75 Å². The molecule has 4 rings (SSSR count). The van der Waals surface area contributed by atoms with Gasteiger partial charge < -0.3 is 19.9 Å². The molecule has 1 fully saturated rings. The van der Waals surface area contributed by atoms with Gasteiger partial charge in [0.05, 0.1) is 17.0 Å². The third-order valence-corrected chi connectivity index (χ3v) is 6.42. The van der Waals surface area contributed by atoms with Crippen LogP contribution in [0, 0.1) is 17.3 Å². The summed E-state index contributed by atoms with van der Waals surface area (Å²) in [6.45, 7) is 9.27. The molecular weight excluding hydrogens is 430 g/mol. The quantitative estimate of drug-likeness (QED) is 0.685. The number of hydrogen-bond donors (Lipinski definition) is 1. The summed E-state index contributed by atoms with van der Waals surface area (Å²) in [5.74, 6) is 0.386. The molecule has 2 heterocycles. The van der Waals surface area contributed by atoms with Crippen molar-refractivity contribution in [3.63, 3.8) is 0 Å². The van der Waals surface area contributed by atoms with E-state index >= 15 is 0 Å². The minimum Gasteiger partial charge on any atom is -0.490 e. The zero-order valence-electron chi connectivity index (χ0n) is 20.3. The summed E-state index contributed by atoms with van der Waals surface area (Å²) in [6.07, 6.45) is 1.06. The van der Waals surface area contributed by atoms with Crippen molar-refractivity contribution in [2.24, 2.45) is 17.3 Å². The van der Waals surface area contributed by atoms with Crippen LogP contribution in [0.4, 0.5) is 17.1 Å². The first-order chi connectivity index (χ1) is 16.2. The Kier molecular flexibility index (Phi) is 6.64. The Labute approximate surface area is 201 Å². The number of nitrogens with one attached hydrogen (secondary N) is 1. The maximum absolute atomic E-state index is 13.2. The number of anilines is 3. The summed E-state index contributed by atoms with van der Waals surface area (Å²) in [5.41, 5.74) is 1.46. The van der Waals surface area contributed by atoms with Gasteiger partial charge in [0.2, 0.25) is 17.7 Å². The number of para-hydroxylation sites is 1. The topological polar surface area (TPSA) is 79.0 Å². The van der Waals surface area contributed by atoms with Crippen molar-refractivity contribution in [3.05, 3.63) is 48.5 Å². The molecule has 1 atom stereocenters. The summed E-state index contributed by atoms with van der Waals surface area (Å²) in [4.78, 5) is 42.1. The lowest BCUT2D eigenvalue weighted by atomic mass is 9.92. The highest BCUT2D eigenvalue weighted by Crippen LogP contribution is 2.38. The van der Waals surface area contributed by atoms with Crippen LogP contribution in [0.25, 0.3) is 0 Å². The van der Waals surface area contributed by atoms with Crippen LogP contribution in [0.1, 0.15) is 40.5 Å². The third kappa shape index (κ3) is 4.93. The van der Waals surface area contributed by atoms with Crippen LogP contribution in [0.3, 0.4) is 0 Å². The molecule has 1 N–H and O–H groups in total. The van der Waals surface area contributed by atoms with Crippen molar-refractivity contribution >= 4 is 34.8 Å². The fourth-order valence-electron chi connectivity index (χ4n) is 4.32. The number of rotatable bonds is 6. The molecule has 7 heteroatoms. The number of fused-ring (bicyclic) bond motifs is 1. The third-order valence-electron chi connectivity index (χ3n) is 6.42. The lowest BCUT2D eigenvalue weighted by Gasteiger charge is -2.28. The highest BCUT2D eigenvalue weighted by atomic mass is 16.5. The average molecular weight is 464 g/mol. The lowest BCUT2D eigenvalue weighted by Crippen LogP contribution is -2.42. The van der Waals surface area contributed by atoms with E-state index in [0.29, 0.717) is 30.4 Å². The number of amides is 3. The molecule has 1 saturated heterocycles. The average Bonchev–Trinajstić information content (AvgIpc) is 3.17. The Morgan fingerprint density at radius 1 is 1.15 bits per heavy atom. The molecule has 180 valence electrons. The number of ether oxygens (including phenoxy) is 1. The maximum atomic E-state index is 13.2. The largest absolute Gasteiger partial charge is 0.490 e. The minimum absolute atomic E-state index is 0.0363. The number of hydrogen-bond acceptors (Lipinski definition) is 4. The Morgan fingerprint density at radius 3 is 2.59 bits per heavy atom. The summed E-state index contributed by atoms with van der Waals surface area (Å²) in [6, 6.07) is 14.8. The fourth-order valence-corrected chi connectivity index (χ4v) is 4.32. The van der Waals surface area contributed by atoms with Crippen LogP contribution in [-0.2, 0) is 14.4 Å². The molecule has 3 amide bonds. The molecule has 2 aliphatic rings. The van der Waals surface area contributed by atoms with Crippen molar-refractivity contribution in [2.75, 3.05) is 34.8 Å². The molecule has 0 radical (unpaired) electrons. The van der Waals surface area contributed by atoms with E-state index in [2.05, 4.69) is 19.2 Å². The first kappa shape index (κ1) is 23.8. The van der Waals surface area contributed by atoms with E-state index < -0.39 is 11.3 Å². The second-order valence-corrected chi connectivity index (χ2v) is 10.2. The van der Waals surface area contributed by atoms with E-state index in [1.54, 1.807) is 21.9 Å². The van der Waals surface area contributed by atoms with Crippen molar-refractivity contribution < 1.29 is 19.1 Å². The molecule has 34 heavy (non-hydrogen) atoms. The van der Waals surface area contributed by atoms with Gasteiger partial charge in [0.1, 0.15) is 12.4 Å². The van der Waals surface area contributed by atoms with Crippen LogP contribution >= 0.6 is 0 Å². The predicted molar refractivity (Wildman–Crippen MR) is 133 cm³/mol. The highest BCUT2D eigenvalue weighted by molar-refractivity contribution is 6.04. The standard InChI is InChI=1S/C27H33N3O4/c1-18(2)12-13-29-22-11-10-20(15-23(22)34-17-27(3,4)26(29)33)28-25(32)19-14-24(31)30(16-19)21-8-6-5-7-9-21/h5-11,15,18-19H,12-14,16-17H2,1-4H3,(H,28,32). The number of benzene rings is 2. The van der Waals surface area contributed by atoms with Gasteiger partial charge in [-0.15, -0.1) is 0 Å². The van der Waals surface area contributed by atoms with E-state index in [1.165, 1.54) is 0 Å². The minimum atomic E-state index is -0.648. The summed E-state index contributed by atoms with van der Waals surface area (Å²) >= 11 is 0. The SMILES string of the molecule is CC(C)CCN1C(=O)C(C)(C)COc2cc(NC(=O)C3CC(=O)N(c4ccccc4)C3)ccc21. The molecule has 0 aliphatic carbocycles. The Morgan fingerprint density at radius 2 is 1.88 bits per heavy atom. The van der Waals surface area contributed by atoms with E-state index in [1.807, 2.05) is 50.2 Å². The molecule has 2 aromatic rings. The zero-order valence-corrected chi connectivity index (χ0v) is 20.3. The molecule has 0 spiro atoms. The lowest BCUT2D eigenvalue weighted by molar-refractivity contribution is -0.127. The van der Waals surface area contributed by atoms with Crippen molar-refractivity contribution in [1.29, 1.82) is 0 Å². The van der Waals surface area contributed by atoms with Crippen molar-refractivity contribution in [1.82, 2.24) is 0 Å². The van der Waals surface area contributed by atoms with Crippen LogP contribution in [0.5, 0.6) is 5.75 Å². The Bertz CT molecular complexity index is 1080. The molecule has 0 saturated carbocycles. The zero-order chi connectivity index (χ0) is 24.5. The second kappa shape index (κ2) is 9.49. The van der Waals surface area contributed by atoms with Gasteiger partial charge in [-0.1, -0.05) is 32.0 Å². The van der Waals surface area contributed by atoms with Gasteiger partial charge in [-0.05, 0) is 50.5 Å². The fraction of sp³-hybridized carbons (Fsp3) is 0.444. The molecule has 0 aromatic heterocycles. The first-order valence-electron chi connectivity index (χ1n) is 11.9. The first-order valence-corrected chi connectivity index (χ1v) is 11.9. The summed E-state index contributed by atoms with van der Waals surface area (Å²) in [5, 5.41) is 2.94. The maximum Gasteiger partial charge on any atom is 0.236 e. The van der Waals surface area contributed by atoms with Gasteiger partial charge in [0.15, 0.2) is 0 Å². The van der Waals surface area contributed by atoms with Gasteiger partial charge in [0, 0.05) is 37.0 Å². The molecule has 2 aliphatic heterocycles. The molecule has 1 unspecified atom stereocenters. The Balaban J connectivity index is 1.50. The molecule has 0 bridgehead atoms. The monoisotopic (exact) mass is 463 g/mol. The molecule has 2 aromatic carbocycles. The van der Waals surface area contributed by atoms with Gasteiger partial charge >= 0.3 is 0 Å². The van der Waals surface area contributed by atoms with Gasteiger partial charge in [-0.3, -0.25) is 14.4 Å².